The van der Waals surface area contributed by atoms with Crippen molar-refractivity contribution in [1.82, 2.24) is 4.98 Å². The summed E-state index contributed by atoms with van der Waals surface area (Å²) in [6.45, 7) is 0.654. The van der Waals surface area contributed by atoms with Crippen molar-refractivity contribution in [1.29, 1.82) is 0 Å². The molecule has 0 aliphatic rings. The number of benzene rings is 1. The molecule has 6 heteroatoms. The Hall–Kier alpha value is -1.88. The number of fused-ring (bicyclic) bond motifs is 1. The van der Waals surface area contributed by atoms with Crippen molar-refractivity contribution in [2.45, 2.75) is 12.8 Å². The quantitative estimate of drug-likeness (QED) is 0.380. The van der Waals surface area contributed by atoms with Crippen LogP contribution in [0.15, 0.2) is 30.5 Å². The summed E-state index contributed by atoms with van der Waals surface area (Å²) in [6.07, 6.45) is 3.05. The maximum absolute atomic E-state index is 11.1. The highest BCUT2D eigenvalue weighted by molar-refractivity contribution is 6.17. The van der Waals surface area contributed by atoms with E-state index in [1.807, 2.05) is 24.3 Å². The van der Waals surface area contributed by atoms with Crippen LogP contribution in [-0.4, -0.2) is 22.3 Å². The number of unbranched alkanes of at least 4 members (excludes halogenated alkanes) is 1. The minimum Gasteiger partial charge on any atom is -0.379 e. The molecule has 1 N–H and O–H groups in total. The molecule has 0 atom stereocenters. The maximum Gasteiger partial charge on any atom is 0.311 e. The summed E-state index contributed by atoms with van der Waals surface area (Å²) in [4.78, 5) is 14.8. The van der Waals surface area contributed by atoms with Gasteiger partial charge < -0.3 is 5.32 Å². The molecule has 0 amide bonds. The second-order valence-corrected chi connectivity index (χ2v) is 4.49. The summed E-state index contributed by atoms with van der Waals surface area (Å²) in [6, 6.07) is 7.37. The SMILES string of the molecule is O=[N+]([O-])c1cnc2ccccc2c1NCCCCCl. The Balaban J connectivity index is 2.35. The van der Waals surface area contributed by atoms with Gasteiger partial charge in [-0.1, -0.05) is 18.2 Å². The van der Waals surface area contributed by atoms with Crippen LogP contribution in [-0.2, 0) is 0 Å². The standard InChI is InChI=1S/C13H14ClN3O2/c14-7-3-4-8-15-13-10-5-1-2-6-11(10)16-9-12(13)17(18)19/h1-2,5-6,9H,3-4,7-8H2,(H,15,16). The Morgan fingerprint density at radius 1 is 1.32 bits per heavy atom. The van der Waals surface area contributed by atoms with Crippen LogP contribution >= 0.6 is 11.6 Å². The van der Waals surface area contributed by atoms with E-state index in [-0.39, 0.29) is 5.69 Å². The van der Waals surface area contributed by atoms with E-state index in [0.717, 1.165) is 23.7 Å². The van der Waals surface area contributed by atoms with Gasteiger partial charge in [-0.15, -0.1) is 11.6 Å². The second-order valence-electron chi connectivity index (χ2n) is 4.12. The number of halogens is 1. The molecule has 1 aromatic carbocycles. The van der Waals surface area contributed by atoms with Crippen molar-refractivity contribution in [3.8, 4) is 0 Å². The Labute approximate surface area is 115 Å². The first kappa shape index (κ1) is 13.5. The molecule has 100 valence electrons. The van der Waals surface area contributed by atoms with Gasteiger partial charge in [-0.25, -0.2) is 4.98 Å². The molecule has 0 saturated carbocycles. The molecule has 0 unspecified atom stereocenters. The summed E-state index contributed by atoms with van der Waals surface area (Å²) in [5.74, 6) is 0.598. The zero-order chi connectivity index (χ0) is 13.7. The van der Waals surface area contributed by atoms with Crippen molar-refractivity contribution in [2.24, 2.45) is 0 Å². The zero-order valence-electron chi connectivity index (χ0n) is 10.3. The van der Waals surface area contributed by atoms with Gasteiger partial charge in [-0.05, 0) is 18.9 Å². The number of aromatic nitrogens is 1. The van der Waals surface area contributed by atoms with Gasteiger partial charge in [0.15, 0.2) is 0 Å². The van der Waals surface area contributed by atoms with Gasteiger partial charge in [0.2, 0.25) is 0 Å². The Kier molecular flexibility index (Phi) is 4.52. The molecule has 2 rings (SSSR count). The van der Waals surface area contributed by atoms with Crippen LogP contribution in [0.5, 0.6) is 0 Å². The van der Waals surface area contributed by atoms with Gasteiger partial charge in [0, 0.05) is 17.8 Å². The molecule has 1 aromatic heterocycles. The third kappa shape index (κ3) is 3.12. The summed E-state index contributed by atoms with van der Waals surface area (Å²) >= 11 is 5.61. The average Bonchev–Trinajstić information content (AvgIpc) is 2.43. The minimum absolute atomic E-state index is 0.00423. The lowest BCUT2D eigenvalue weighted by molar-refractivity contribution is -0.384. The molecule has 0 fully saturated rings. The third-order valence-electron chi connectivity index (χ3n) is 2.81. The predicted octanol–water partition coefficient (Wildman–Crippen LogP) is 3.57. The van der Waals surface area contributed by atoms with E-state index in [0.29, 0.717) is 18.1 Å². The molecular formula is C13H14ClN3O2. The van der Waals surface area contributed by atoms with Gasteiger partial charge in [0.1, 0.15) is 11.9 Å². The fourth-order valence-electron chi connectivity index (χ4n) is 1.89. The maximum atomic E-state index is 11.1. The number of rotatable bonds is 6. The number of nitrogens with one attached hydrogen (secondary N) is 1. The Bertz CT molecular complexity index is 589. The van der Waals surface area contributed by atoms with Crippen LogP contribution < -0.4 is 5.32 Å². The van der Waals surface area contributed by atoms with E-state index in [1.54, 1.807) is 0 Å². The van der Waals surface area contributed by atoms with Gasteiger partial charge >= 0.3 is 5.69 Å². The molecule has 0 saturated heterocycles. The summed E-state index contributed by atoms with van der Waals surface area (Å²) in [5.41, 5.74) is 1.28. The molecular weight excluding hydrogens is 266 g/mol. The van der Waals surface area contributed by atoms with E-state index in [2.05, 4.69) is 10.3 Å². The number of hydrogen-bond acceptors (Lipinski definition) is 4. The summed E-state index contributed by atoms with van der Waals surface area (Å²) in [5, 5.41) is 15.0. The molecule has 0 spiro atoms. The van der Waals surface area contributed by atoms with Gasteiger partial charge in [0.25, 0.3) is 0 Å². The first-order valence-corrected chi connectivity index (χ1v) is 6.59. The van der Waals surface area contributed by atoms with Crippen molar-refractivity contribution >= 4 is 33.9 Å². The number of alkyl halides is 1. The van der Waals surface area contributed by atoms with Crippen LogP contribution in [0, 0.1) is 10.1 Å². The predicted molar refractivity (Wildman–Crippen MR) is 76.8 cm³/mol. The van der Waals surface area contributed by atoms with Crippen LogP contribution in [0.4, 0.5) is 11.4 Å². The molecule has 0 aliphatic carbocycles. The van der Waals surface area contributed by atoms with E-state index >= 15 is 0 Å². The van der Waals surface area contributed by atoms with E-state index < -0.39 is 4.92 Å². The van der Waals surface area contributed by atoms with Crippen LogP contribution in [0.25, 0.3) is 10.9 Å². The molecule has 0 aliphatic heterocycles. The summed E-state index contributed by atoms with van der Waals surface area (Å²) in [7, 11) is 0. The fourth-order valence-corrected chi connectivity index (χ4v) is 2.08. The number of anilines is 1. The molecule has 1 heterocycles. The third-order valence-corrected chi connectivity index (χ3v) is 3.08. The van der Waals surface area contributed by atoms with Gasteiger partial charge in [0.05, 0.1) is 10.4 Å². The fraction of sp³-hybridized carbons (Fsp3) is 0.308. The van der Waals surface area contributed by atoms with Crippen molar-refractivity contribution in [3.63, 3.8) is 0 Å². The highest BCUT2D eigenvalue weighted by atomic mass is 35.5. The first-order valence-electron chi connectivity index (χ1n) is 6.06. The van der Waals surface area contributed by atoms with Crippen LogP contribution in [0.2, 0.25) is 0 Å². The smallest absolute Gasteiger partial charge is 0.311 e. The monoisotopic (exact) mass is 279 g/mol. The molecule has 5 nitrogen and oxygen atoms in total. The Morgan fingerprint density at radius 3 is 2.84 bits per heavy atom. The van der Waals surface area contributed by atoms with Crippen molar-refractivity contribution in [3.05, 3.63) is 40.6 Å². The Morgan fingerprint density at radius 2 is 2.11 bits per heavy atom. The molecule has 0 bridgehead atoms. The van der Waals surface area contributed by atoms with Crippen LogP contribution in [0.1, 0.15) is 12.8 Å². The summed E-state index contributed by atoms with van der Waals surface area (Å²) < 4.78 is 0. The zero-order valence-corrected chi connectivity index (χ0v) is 11.1. The topological polar surface area (TPSA) is 68.1 Å². The van der Waals surface area contributed by atoms with Crippen molar-refractivity contribution in [2.75, 3.05) is 17.7 Å². The number of nitro groups is 1. The highest BCUT2D eigenvalue weighted by Gasteiger charge is 2.17. The van der Waals surface area contributed by atoms with Crippen molar-refractivity contribution < 1.29 is 4.92 Å². The number of pyridine rings is 1. The molecule has 19 heavy (non-hydrogen) atoms. The van der Waals surface area contributed by atoms with E-state index in [4.69, 9.17) is 11.6 Å². The van der Waals surface area contributed by atoms with E-state index in [1.165, 1.54) is 6.20 Å². The molecule has 0 radical (unpaired) electrons. The number of hydrogen-bond donors (Lipinski definition) is 1. The number of para-hydroxylation sites is 1. The van der Waals surface area contributed by atoms with Gasteiger partial charge in [-0.2, -0.15) is 0 Å². The lowest BCUT2D eigenvalue weighted by atomic mass is 10.1. The second kappa shape index (κ2) is 6.33. The lowest BCUT2D eigenvalue weighted by Gasteiger charge is -2.09. The van der Waals surface area contributed by atoms with Gasteiger partial charge in [-0.3, -0.25) is 10.1 Å². The largest absolute Gasteiger partial charge is 0.379 e. The first-order chi connectivity index (χ1) is 9.24. The average molecular weight is 280 g/mol. The molecule has 2 aromatic rings. The number of nitrogens with zero attached hydrogens (tertiary/aromatic N) is 2. The van der Waals surface area contributed by atoms with E-state index in [9.17, 15) is 10.1 Å². The lowest BCUT2D eigenvalue weighted by Crippen LogP contribution is -2.05. The normalized spacial score (nSPS) is 10.6. The minimum atomic E-state index is -0.413. The van der Waals surface area contributed by atoms with Crippen LogP contribution in [0.3, 0.4) is 0 Å². The highest BCUT2D eigenvalue weighted by Crippen LogP contribution is 2.31.